The molecule has 0 aliphatic rings. The lowest BCUT2D eigenvalue weighted by molar-refractivity contribution is -0.140. The molecule has 0 radical (unpaired) electrons. The highest BCUT2D eigenvalue weighted by atomic mass is 79.9. The van der Waals surface area contributed by atoms with Gasteiger partial charge >= 0.3 is 11.7 Å². The van der Waals surface area contributed by atoms with E-state index in [0.29, 0.717) is 6.07 Å². The van der Waals surface area contributed by atoms with Crippen molar-refractivity contribution in [2.75, 3.05) is 5.33 Å². The largest absolute Gasteiger partial charge is 0.446 e. The molecule has 9 heteroatoms. The van der Waals surface area contributed by atoms with Crippen LogP contribution in [-0.4, -0.2) is 16.6 Å². The highest BCUT2D eigenvalue weighted by Crippen LogP contribution is 2.45. The van der Waals surface area contributed by atoms with E-state index < -0.39 is 46.1 Å². The predicted octanol–water partition coefficient (Wildman–Crippen LogP) is 4.82. The highest BCUT2D eigenvalue weighted by Gasteiger charge is 2.39. The second-order valence-corrected chi connectivity index (χ2v) is 5.32. The molecule has 0 aliphatic carbocycles. The highest BCUT2D eigenvalue weighted by molar-refractivity contribution is 9.09. The summed E-state index contributed by atoms with van der Waals surface area (Å²) in [5.41, 5.74) is -6.54. The van der Waals surface area contributed by atoms with E-state index in [1.807, 2.05) is 0 Å². The summed E-state index contributed by atoms with van der Waals surface area (Å²) in [5, 5.41) is -0.140. The molecule has 0 aromatic heterocycles. The van der Waals surface area contributed by atoms with E-state index in [2.05, 4.69) is 15.9 Å². The van der Waals surface area contributed by atoms with Crippen LogP contribution >= 0.6 is 27.7 Å². The minimum atomic E-state index is -4.92. The van der Waals surface area contributed by atoms with E-state index >= 15 is 0 Å². The van der Waals surface area contributed by atoms with Crippen LogP contribution in [0.25, 0.3) is 0 Å². The zero-order chi connectivity index (χ0) is 15.6. The molecular weight excluding hydrogens is 374 g/mol. The lowest BCUT2D eigenvalue weighted by Gasteiger charge is -2.17. The standard InChI is InChI=1S/C11H7BrF6OS/c12-5-7(19)4-6-2-1-3-8(10(13,14)15)9(6)20-11(16,17)18/h1-3H,4-5H2. The van der Waals surface area contributed by atoms with Crippen LogP contribution < -0.4 is 0 Å². The van der Waals surface area contributed by atoms with Gasteiger partial charge in [0.1, 0.15) is 5.78 Å². The second-order valence-electron chi connectivity index (χ2n) is 3.69. The Morgan fingerprint density at radius 3 is 2.20 bits per heavy atom. The summed E-state index contributed by atoms with van der Waals surface area (Å²) in [6.45, 7) is 0. The lowest BCUT2D eigenvalue weighted by Crippen LogP contribution is -2.13. The van der Waals surface area contributed by atoms with E-state index in [4.69, 9.17) is 0 Å². The maximum Gasteiger partial charge on any atom is 0.446 e. The Morgan fingerprint density at radius 1 is 1.15 bits per heavy atom. The van der Waals surface area contributed by atoms with E-state index in [1.165, 1.54) is 0 Å². The van der Waals surface area contributed by atoms with Gasteiger partial charge in [0.2, 0.25) is 0 Å². The second kappa shape index (κ2) is 6.38. The summed E-state index contributed by atoms with van der Waals surface area (Å²) in [6, 6.07) is 2.64. The summed E-state index contributed by atoms with van der Waals surface area (Å²) in [5.74, 6) is -0.506. The maximum absolute atomic E-state index is 12.7. The van der Waals surface area contributed by atoms with E-state index in [-0.39, 0.29) is 10.9 Å². The molecule has 0 atom stereocenters. The third kappa shape index (κ3) is 5.01. The number of benzene rings is 1. The monoisotopic (exact) mass is 380 g/mol. The molecule has 0 bridgehead atoms. The molecule has 0 heterocycles. The van der Waals surface area contributed by atoms with Crippen molar-refractivity contribution in [3.05, 3.63) is 29.3 Å². The molecule has 0 amide bonds. The van der Waals surface area contributed by atoms with Crippen LogP contribution in [0.4, 0.5) is 26.3 Å². The Morgan fingerprint density at radius 2 is 1.75 bits per heavy atom. The van der Waals surface area contributed by atoms with E-state index in [1.54, 1.807) is 0 Å². The Bertz CT molecular complexity index is 497. The van der Waals surface area contributed by atoms with Gasteiger partial charge in [0.05, 0.1) is 10.9 Å². The van der Waals surface area contributed by atoms with Gasteiger partial charge in [-0.25, -0.2) is 0 Å². The molecule has 1 rings (SSSR count). The fourth-order valence-corrected chi connectivity index (χ4v) is 2.44. The number of carbonyl (C=O) groups excluding carboxylic acids is 1. The van der Waals surface area contributed by atoms with Crippen LogP contribution in [-0.2, 0) is 17.4 Å². The molecule has 0 saturated heterocycles. The SMILES string of the molecule is O=C(CBr)Cc1cccc(C(F)(F)F)c1SC(F)(F)F. The van der Waals surface area contributed by atoms with E-state index in [9.17, 15) is 31.1 Å². The molecule has 0 spiro atoms. The predicted molar refractivity (Wildman–Crippen MR) is 65.9 cm³/mol. The summed E-state index contributed by atoms with van der Waals surface area (Å²) in [4.78, 5) is 10.3. The minimum absolute atomic E-state index is 0.140. The quantitative estimate of drug-likeness (QED) is 0.423. The molecule has 1 nitrogen and oxygen atoms in total. The molecule has 1 aromatic rings. The summed E-state index contributed by atoms with van der Waals surface area (Å²) in [6.07, 6.45) is -5.41. The van der Waals surface area contributed by atoms with Crippen molar-refractivity contribution in [1.29, 1.82) is 0 Å². The van der Waals surface area contributed by atoms with Crippen LogP contribution in [0.5, 0.6) is 0 Å². The first kappa shape index (κ1) is 17.4. The van der Waals surface area contributed by atoms with E-state index in [0.717, 1.165) is 12.1 Å². The van der Waals surface area contributed by atoms with Gasteiger partial charge < -0.3 is 0 Å². The van der Waals surface area contributed by atoms with Crippen molar-refractivity contribution in [2.24, 2.45) is 0 Å². The normalized spacial score (nSPS) is 12.6. The Kier molecular flexibility index (Phi) is 5.54. The van der Waals surface area contributed by atoms with Gasteiger partial charge in [0, 0.05) is 11.3 Å². The van der Waals surface area contributed by atoms with Gasteiger partial charge in [-0.3, -0.25) is 4.79 Å². The Labute approximate surface area is 122 Å². The van der Waals surface area contributed by atoms with Crippen molar-refractivity contribution in [3.8, 4) is 0 Å². The van der Waals surface area contributed by atoms with Gasteiger partial charge in [0.25, 0.3) is 0 Å². The molecule has 0 unspecified atom stereocenters. The van der Waals surface area contributed by atoms with Crippen molar-refractivity contribution < 1.29 is 31.1 Å². The van der Waals surface area contributed by atoms with Crippen LogP contribution in [0.2, 0.25) is 0 Å². The van der Waals surface area contributed by atoms with Crippen molar-refractivity contribution in [3.63, 3.8) is 0 Å². The van der Waals surface area contributed by atoms with Crippen molar-refractivity contribution in [2.45, 2.75) is 23.0 Å². The number of ketones is 1. The van der Waals surface area contributed by atoms with Crippen LogP contribution in [0, 0.1) is 0 Å². The van der Waals surface area contributed by atoms with Gasteiger partial charge in [0.15, 0.2) is 0 Å². The third-order valence-electron chi connectivity index (χ3n) is 2.16. The summed E-state index contributed by atoms with van der Waals surface area (Å²) >= 11 is 1.96. The number of halogens is 7. The molecular formula is C11H7BrF6OS. The van der Waals surface area contributed by atoms with Crippen LogP contribution in [0.3, 0.4) is 0 Å². The first-order chi connectivity index (χ1) is 9.04. The molecule has 0 N–H and O–H groups in total. The van der Waals surface area contributed by atoms with Crippen molar-refractivity contribution in [1.82, 2.24) is 0 Å². The number of alkyl halides is 7. The molecule has 0 saturated carbocycles. The average Bonchev–Trinajstić information content (AvgIpc) is 2.27. The third-order valence-corrected chi connectivity index (χ3v) is 3.70. The first-order valence-electron chi connectivity index (χ1n) is 5.07. The fourth-order valence-electron chi connectivity index (χ4n) is 1.44. The molecule has 1 aromatic carbocycles. The zero-order valence-corrected chi connectivity index (χ0v) is 12.0. The van der Waals surface area contributed by atoms with Crippen LogP contribution in [0.15, 0.2) is 23.1 Å². The average molecular weight is 381 g/mol. The first-order valence-corrected chi connectivity index (χ1v) is 7.01. The Balaban J connectivity index is 3.33. The Hall–Kier alpha value is -0.700. The summed E-state index contributed by atoms with van der Waals surface area (Å²) in [7, 11) is 0. The number of hydrogen-bond donors (Lipinski definition) is 0. The van der Waals surface area contributed by atoms with Crippen molar-refractivity contribution >= 4 is 33.5 Å². The number of rotatable bonds is 4. The maximum atomic E-state index is 12.7. The number of Topliss-reactive ketones (excluding diaryl/α,β-unsaturated/α-hetero) is 1. The van der Waals surface area contributed by atoms with Gasteiger partial charge in [-0.15, -0.1) is 0 Å². The summed E-state index contributed by atoms with van der Waals surface area (Å²) < 4.78 is 75.5. The minimum Gasteiger partial charge on any atom is -0.298 e. The van der Waals surface area contributed by atoms with Gasteiger partial charge in [-0.05, 0) is 23.4 Å². The topological polar surface area (TPSA) is 17.1 Å². The van der Waals surface area contributed by atoms with Gasteiger partial charge in [-0.2, -0.15) is 26.3 Å². The molecule has 0 fully saturated rings. The van der Waals surface area contributed by atoms with Gasteiger partial charge in [-0.1, -0.05) is 28.1 Å². The fraction of sp³-hybridized carbons (Fsp3) is 0.364. The smallest absolute Gasteiger partial charge is 0.298 e. The number of hydrogen-bond acceptors (Lipinski definition) is 2. The molecule has 112 valence electrons. The van der Waals surface area contributed by atoms with Crippen LogP contribution in [0.1, 0.15) is 11.1 Å². The number of thioether (sulfide) groups is 1. The number of carbonyl (C=O) groups is 1. The zero-order valence-electron chi connectivity index (χ0n) is 9.61. The molecule has 20 heavy (non-hydrogen) atoms. The lowest BCUT2D eigenvalue weighted by atomic mass is 10.1. The molecule has 0 aliphatic heterocycles.